The normalized spacial score (nSPS) is 16.9. The number of aromatic nitrogens is 3. The Morgan fingerprint density at radius 3 is 2.72 bits per heavy atom. The molecule has 2 heterocycles. The average Bonchev–Trinajstić information content (AvgIpc) is 2.89. The van der Waals surface area contributed by atoms with Gasteiger partial charge in [-0.05, 0) is 31.8 Å². The number of piperidine rings is 1. The van der Waals surface area contributed by atoms with Crippen LogP contribution in [0.25, 0.3) is 11.4 Å². The lowest BCUT2D eigenvalue weighted by molar-refractivity contribution is 0.334. The minimum atomic E-state index is 0.740. The molecule has 1 aromatic carbocycles. The molecule has 0 saturated carbocycles. The van der Waals surface area contributed by atoms with Crippen LogP contribution in [-0.2, 0) is 6.54 Å². The summed E-state index contributed by atoms with van der Waals surface area (Å²) in [5, 5.41) is 11.7. The molecule has 1 fully saturated rings. The maximum absolute atomic E-state index is 4.25. The summed E-state index contributed by atoms with van der Waals surface area (Å²) in [6, 6.07) is 10.3. The van der Waals surface area contributed by atoms with Crippen LogP contribution in [0.2, 0.25) is 0 Å². The van der Waals surface area contributed by atoms with Crippen molar-refractivity contribution in [1.82, 2.24) is 20.1 Å². The largest absolute Gasteiger partial charge is 0.317 e. The standard InChI is InChI=1S/C14H18N4/c1-2-4-13(5-3-1)14-17-16-11-18(14)10-12-6-8-15-9-7-12/h1-5,11-12,15H,6-10H2. The summed E-state index contributed by atoms with van der Waals surface area (Å²) in [4.78, 5) is 0. The lowest BCUT2D eigenvalue weighted by Crippen LogP contribution is -2.29. The Morgan fingerprint density at radius 1 is 1.17 bits per heavy atom. The van der Waals surface area contributed by atoms with Crippen LogP contribution in [-0.4, -0.2) is 27.9 Å². The fourth-order valence-electron chi connectivity index (χ4n) is 2.54. The molecule has 0 radical (unpaired) electrons. The highest BCUT2D eigenvalue weighted by Crippen LogP contribution is 2.20. The Kier molecular flexibility index (Phi) is 3.37. The van der Waals surface area contributed by atoms with Gasteiger partial charge < -0.3 is 9.88 Å². The van der Waals surface area contributed by atoms with Crippen molar-refractivity contribution in [2.45, 2.75) is 19.4 Å². The van der Waals surface area contributed by atoms with Crippen LogP contribution >= 0.6 is 0 Å². The molecule has 3 rings (SSSR count). The molecule has 1 aliphatic rings. The van der Waals surface area contributed by atoms with Crippen molar-refractivity contribution < 1.29 is 0 Å². The van der Waals surface area contributed by atoms with E-state index in [9.17, 15) is 0 Å². The lowest BCUT2D eigenvalue weighted by Gasteiger charge is -2.23. The second kappa shape index (κ2) is 5.31. The number of hydrogen-bond donors (Lipinski definition) is 1. The first-order valence-electron chi connectivity index (χ1n) is 6.57. The molecule has 1 N–H and O–H groups in total. The third-order valence-electron chi connectivity index (χ3n) is 3.56. The SMILES string of the molecule is c1ccc(-c2nncn2CC2CCNCC2)cc1. The van der Waals surface area contributed by atoms with Gasteiger partial charge >= 0.3 is 0 Å². The van der Waals surface area contributed by atoms with Crippen LogP contribution in [0.5, 0.6) is 0 Å². The molecule has 0 atom stereocenters. The highest BCUT2D eigenvalue weighted by Gasteiger charge is 2.16. The molecule has 0 bridgehead atoms. The molecule has 18 heavy (non-hydrogen) atoms. The first kappa shape index (κ1) is 11.4. The molecule has 2 aromatic rings. The molecule has 1 saturated heterocycles. The maximum atomic E-state index is 4.25. The van der Waals surface area contributed by atoms with Crippen LogP contribution in [0.3, 0.4) is 0 Å². The Morgan fingerprint density at radius 2 is 1.94 bits per heavy atom. The maximum Gasteiger partial charge on any atom is 0.163 e. The van der Waals surface area contributed by atoms with Gasteiger partial charge in [0, 0.05) is 12.1 Å². The monoisotopic (exact) mass is 242 g/mol. The predicted molar refractivity (Wildman–Crippen MR) is 71.1 cm³/mol. The zero-order chi connectivity index (χ0) is 12.2. The first-order chi connectivity index (χ1) is 8.93. The minimum absolute atomic E-state index is 0.740. The van der Waals surface area contributed by atoms with E-state index in [1.54, 1.807) is 0 Å². The third kappa shape index (κ3) is 2.43. The van der Waals surface area contributed by atoms with Crippen LogP contribution in [0.15, 0.2) is 36.7 Å². The first-order valence-corrected chi connectivity index (χ1v) is 6.57. The topological polar surface area (TPSA) is 42.7 Å². The van der Waals surface area contributed by atoms with Crippen LogP contribution in [0, 0.1) is 5.92 Å². The van der Waals surface area contributed by atoms with E-state index in [2.05, 4.69) is 32.2 Å². The van der Waals surface area contributed by atoms with Gasteiger partial charge in [0.25, 0.3) is 0 Å². The van der Waals surface area contributed by atoms with E-state index >= 15 is 0 Å². The summed E-state index contributed by atoms with van der Waals surface area (Å²) >= 11 is 0. The zero-order valence-electron chi connectivity index (χ0n) is 10.4. The van der Waals surface area contributed by atoms with E-state index < -0.39 is 0 Å². The van der Waals surface area contributed by atoms with Gasteiger partial charge in [0.1, 0.15) is 6.33 Å². The van der Waals surface area contributed by atoms with Crippen LogP contribution in [0.4, 0.5) is 0 Å². The molecule has 4 heteroatoms. The lowest BCUT2D eigenvalue weighted by atomic mass is 9.98. The Labute approximate surface area is 107 Å². The van der Waals surface area contributed by atoms with Crippen molar-refractivity contribution in [2.24, 2.45) is 5.92 Å². The Hall–Kier alpha value is -1.68. The fourth-order valence-corrected chi connectivity index (χ4v) is 2.54. The number of hydrogen-bond acceptors (Lipinski definition) is 3. The number of nitrogens with zero attached hydrogens (tertiary/aromatic N) is 3. The summed E-state index contributed by atoms with van der Waals surface area (Å²) < 4.78 is 2.19. The summed E-state index contributed by atoms with van der Waals surface area (Å²) in [5.74, 6) is 1.72. The van der Waals surface area contributed by atoms with Gasteiger partial charge in [-0.2, -0.15) is 0 Å². The smallest absolute Gasteiger partial charge is 0.163 e. The third-order valence-corrected chi connectivity index (χ3v) is 3.56. The van der Waals surface area contributed by atoms with Crippen molar-refractivity contribution in [3.63, 3.8) is 0 Å². The molecule has 94 valence electrons. The molecular weight excluding hydrogens is 224 g/mol. The van der Waals surface area contributed by atoms with Gasteiger partial charge in [-0.25, -0.2) is 0 Å². The van der Waals surface area contributed by atoms with E-state index in [1.165, 1.54) is 12.8 Å². The van der Waals surface area contributed by atoms with Crippen LogP contribution in [0.1, 0.15) is 12.8 Å². The zero-order valence-corrected chi connectivity index (χ0v) is 10.4. The Bertz CT molecular complexity index is 486. The van der Waals surface area contributed by atoms with Crippen molar-refractivity contribution >= 4 is 0 Å². The van der Waals surface area contributed by atoms with Gasteiger partial charge in [-0.3, -0.25) is 0 Å². The van der Waals surface area contributed by atoms with Gasteiger partial charge in [0.05, 0.1) is 0 Å². The second-order valence-electron chi connectivity index (χ2n) is 4.87. The van der Waals surface area contributed by atoms with Gasteiger partial charge in [0.15, 0.2) is 5.82 Å². The van der Waals surface area contributed by atoms with Crippen molar-refractivity contribution in [3.05, 3.63) is 36.7 Å². The molecule has 1 aromatic heterocycles. The highest BCUT2D eigenvalue weighted by molar-refractivity contribution is 5.54. The quantitative estimate of drug-likeness (QED) is 0.894. The summed E-state index contributed by atoms with van der Waals surface area (Å²) in [5.41, 5.74) is 1.14. The second-order valence-corrected chi connectivity index (χ2v) is 4.87. The van der Waals surface area contributed by atoms with Crippen molar-refractivity contribution in [2.75, 3.05) is 13.1 Å². The van der Waals surface area contributed by atoms with E-state index in [1.807, 2.05) is 24.5 Å². The van der Waals surface area contributed by atoms with E-state index in [0.717, 1.165) is 36.9 Å². The van der Waals surface area contributed by atoms with Gasteiger partial charge in [0.2, 0.25) is 0 Å². The van der Waals surface area contributed by atoms with E-state index in [0.29, 0.717) is 0 Å². The van der Waals surface area contributed by atoms with Crippen molar-refractivity contribution in [1.29, 1.82) is 0 Å². The minimum Gasteiger partial charge on any atom is -0.317 e. The number of nitrogens with one attached hydrogen (secondary N) is 1. The molecular formula is C14H18N4. The summed E-state index contributed by atoms with van der Waals surface area (Å²) in [7, 11) is 0. The molecule has 0 aliphatic carbocycles. The van der Waals surface area contributed by atoms with E-state index in [4.69, 9.17) is 0 Å². The van der Waals surface area contributed by atoms with Gasteiger partial charge in [-0.1, -0.05) is 30.3 Å². The number of benzene rings is 1. The fraction of sp³-hybridized carbons (Fsp3) is 0.429. The molecule has 0 unspecified atom stereocenters. The van der Waals surface area contributed by atoms with Gasteiger partial charge in [-0.15, -0.1) is 10.2 Å². The van der Waals surface area contributed by atoms with Crippen LogP contribution < -0.4 is 5.32 Å². The summed E-state index contributed by atoms with van der Waals surface area (Å²) in [6.07, 6.45) is 4.34. The average molecular weight is 242 g/mol. The molecule has 0 spiro atoms. The summed E-state index contributed by atoms with van der Waals surface area (Å²) in [6.45, 7) is 3.29. The molecule has 0 amide bonds. The van der Waals surface area contributed by atoms with Crippen molar-refractivity contribution in [3.8, 4) is 11.4 Å². The Balaban J connectivity index is 1.79. The van der Waals surface area contributed by atoms with E-state index in [-0.39, 0.29) is 0 Å². The predicted octanol–water partition coefficient (Wildman–Crippen LogP) is 1.94. The molecule has 1 aliphatic heterocycles. The molecule has 4 nitrogen and oxygen atoms in total. The highest BCUT2D eigenvalue weighted by atomic mass is 15.3. The number of rotatable bonds is 3.